The van der Waals surface area contributed by atoms with E-state index in [-0.39, 0.29) is 16.7 Å². The molecule has 0 aliphatic carbocycles. The van der Waals surface area contributed by atoms with Gasteiger partial charge in [-0.05, 0) is 31.4 Å². The van der Waals surface area contributed by atoms with Crippen LogP contribution in [0.5, 0.6) is 0 Å². The number of likely N-dealkylation sites (tertiary alicyclic amines) is 1. The van der Waals surface area contributed by atoms with Gasteiger partial charge in [-0.2, -0.15) is 0 Å². The molecule has 6 heteroatoms. The van der Waals surface area contributed by atoms with Gasteiger partial charge in [0.05, 0.1) is 15.5 Å². The SMILES string of the molecule is CCCCCC(=O)N1CCC2(CC1)SCCN2C(=O)c1ccccc1Cl. The number of carbonyl (C=O) groups is 2. The average Bonchev–Trinajstić information content (AvgIpc) is 3.05. The van der Waals surface area contributed by atoms with Crippen molar-refractivity contribution in [2.75, 3.05) is 25.4 Å². The van der Waals surface area contributed by atoms with E-state index < -0.39 is 0 Å². The Kier molecular flexibility index (Phi) is 6.51. The van der Waals surface area contributed by atoms with Gasteiger partial charge in [-0.1, -0.05) is 43.5 Å². The highest BCUT2D eigenvalue weighted by molar-refractivity contribution is 8.00. The molecule has 1 aromatic rings. The Morgan fingerprint density at radius 1 is 1.15 bits per heavy atom. The first-order valence-electron chi connectivity index (χ1n) is 9.55. The molecule has 0 unspecified atom stereocenters. The fourth-order valence-electron chi connectivity index (χ4n) is 3.88. The molecule has 4 nitrogen and oxygen atoms in total. The highest BCUT2D eigenvalue weighted by Gasteiger charge is 2.47. The maximum absolute atomic E-state index is 13.1. The molecule has 0 bridgehead atoms. The number of amides is 2. The van der Waals surface area contributed by atoms with Gasteiger partial charge in [-0.3, -0.25) is 9.59 Å². The van der Waals surface area contributed by atoms with Gasteiger partial charge in [0.25, 0.3) is 5.91 Å². The molecule has 26 heavy (non-hydrogen) atoms. The fraction of sp³-hybridized carbons (Fsp3) is 0.600. The summed E-state index contributed by atoms with van der Waals surface area (Å²) < 4.78 is 0. The second-order valence-corrected chi connectivity index (χ2v) is 8.93. The van der Waals surface area contributed by atoms with E-state index in [0.717, 1.165) is 57.5 Å². The lowest BCUT2D eigenvalue weighted by Gasteiger charge is -2.44. The van der Waals surface area contributed by atoms with E-state index in [1.54, 1.807) is 12.1 Å². The number of hydrogen-bond donors (Lipinski definition) is 0. The molecule has 2 saturated heterocycles. The number of benzene rings is 1. The first-order valence-corrected chi connectivity index (χ1v) is 10.9. The van der Waals surface area contributed by atoms with E-state index in [9.17, 15) is 9.59 Å². The number of nitrogens with zero attached hydrogens (tertiary/aromatic N) is 2. The van der Waals surface area contributed by atoms with Crippen LogP contribution in [0.3, 0.4) is 0 Å². The Balaban J connectivity index is 1.64. The fourth-order valence-corrected chi connectivity index (χ4v) is 5.55. The molecule has 2 heterocycles. The van der Waals surface area contributed by atoms with Crippen molar-refractivity contribution in [2.45, 2.75) is 50.3 Å². The van der Waals surface area contributed by atoms with Crippen LogP contribution in [0.25, 0.3) is 0 Å². The van der Waals surface area contributed by atoms with E-state index in [1.807, 2.05) is 33.7 Å². The van der Waals surface area contributed by atoms with Gasteiger partial charge in [-0.25, -0.2) is 0 Å². The average molecular weight is 395 g/mol. The molecule has 0 saturated carbocycles. The van der Waals surface area contributed by atoms with Gasteiger partial charge in [0, 0.05) is 31.8 Å². The summed E-state index contributed by atoms with van der Waals surface area (Å²) >= 11 is 8.10. The maximum Gasteiger partial charge on any atom is 0.256 e. The lowest BCUT2D eigenvalue weighted by Crippen LogP contribution is -2.53. The van der Waals surface area contributed by atoms with Crippen molar-refractivity contribution in [1.82, 2.24) is 9.80 Å². The number of rotatable bonds is 5. The minimum absolute atomic E-state index is 0.0170. The zero-order chi connectivity index (χ0) is 18.6. The van der Waals surface area contributed by atoms with Crippen molar-refractivity contribution < 1.29 is 9.59 Å². The zero-order valence-electron chi connectivity index (χ0n) is 15.4. The molecular formula is C20H27ClN2O2S. The van der Waals surface area contributed by atoms with Crippen LogP contribution in [0, 0.1) is 0 Å². The molecule has 1 aromatic carbocycles. The van der Waals surface area contributed by atoms with Gasteiger partial charge in [0.2, 0.25) is 5.91 Å². The van der Waals surface area contributed by atoms with E-state index in [0.29, 0.717) is 17.0 Å². The summed E-state index contributed by atoms with van der Waals surface area (Å²) in [4.78, 5) is 29.3. The van der Waals surface area contributed by atoms with Crippen LogP contribution in [0.2, 0.25) is 5.02 Å². The van der Waals surface area contributed by atoms with Gasteiger partial charge < -0.3 is 9.80 Å². The van der Waals surface area contributed by atoms with Crippen LogP contribution in [0.1, 0.15) is 55.8 Å². The highest BCUT2D eigenvalue weighted by atomic mass is 35.5. The van der Waals surface area contributed by atoms with Gasteiger partial charge in [0.1, 0.15) is 0 Å². The quantitative estimate of drug-likeness (QED) is 0.693. The molecule has 2 amide bonds. The summed E-state index contributed by atoms with van der Waals surface area (Å²) in [5.41, 5.74) is 0.578. The predicted molar refractivity (Wildman–Crippen MR) is 108 cm³/mol. The first kappa shape index (κ1) is 19.6. The van der Waals surface area contributed by atoms with Crippen LogP contribution in [0.4, 0.5) is 0 Å². The largest absolute Gasteiger partial charge is 0.342 e. The van der Waals surface area contributed by atoms with E-state index in [1.165, 1.54) is 0 Å². The second kappa shape index (κ2) is 8.66. The summed E-state index contributed by atoms with van der Waals surface area (Å²) in [7, 11) is 0. The Hall–Kier alpha value is -1.20. The molecule has 1 spiro atoms. The zero-order valence-corrected chi connectivity index (χ0v) is 17.0. The van der Waals surface area contributed by atoms with Crippen LogP contribution >= 0.6 is 23.4 Å². The molecule has 0 atom stereocenters. The van der Waals surface area contributed by atoms with Crippen molar-refractivity contribution >= 4 is 35.2 Å². The first-order chi connectivity index (χ1) is 12.6. The lowest BCUT2D eigenvalue weighted by molar-refractivity contribution is -0.132. The summed E-state index contributed by atoms with van der Waals surface area (Å²) in [5, 5.41) is 0.507. The summed E-state index contributed by atoms with van der Waals surface area (Å²) in [6.07, 6.45) is 5.55. The van der Waals surface area contributed by atoms with Crippen molar-refractivity contribution in [3.05, 3.63) is 34.9 Å². The van der Waals surface area contributed by atoms with Crippen LogP contribution in [-0.2, 0) is 4.79 Å². The van der Waals surface area contributed by atoms with Gasteiger partial charge in [-0.15, -0.1) is 11.8 Å². The monoisotopic (exact) mass is 394 g/mol. The summed E-state index contributed by atoms with van der Waals surface area (Å²) in [6, 6.07) is 7.26. The Morgan fingerprint density at radius 3 is 2.58 bits per heavy atom. The number of unbranched alkanes of at least 4 members (excludes halogenated alkanes) is 2. The topological polar surface area (TPSA) is 40.6 Å². The normalized spacial score (nSPS) is 19.2. The van der Waals surface area contributed by atoms with Crippen molar-refractivity contribution in [3.8, 4) is 0 Å². The lowest BCUT2D eigenvalue weighted by atomic mass is 10.00. The molecular weight excluding hydrogens is 368 g/mol. The van der Waals surface area contributed by atoms with Crippen LogP contribution in [0.15, 0.2) is 24.3 Å². The van der Waals surface area contributed by atoms with Crippen molar-refractivity contribution in [2.24, 2.45) is 0 Å². The molecule has 0 aromatic heterocycles. The van der Waals surface area contributed by atoms with Gasteiger partial charge >= 0.3 is 0 Å². The third-order valence-corrected chi connectivity index (χ3v) is 7.30. The number of hydrogen-bond acceptors (Lipinski definition) is 3. The molecule has 2 fully saturated rings. The molecule has 0 N–H and O–H groups in total. The third-order valence-electron chi connectivity index (χ3n) is 5.42. The van der Waals surface area contributed by atoms with Crippen LogP contribution in [-0.4, -0.2) is 51.9 Å². The third kappa shape index (κ3) is 4.04. The van der Waals surface area contributed by atoms with E-state index >= 15 is 0 Å². The Morgan fingerprint density at radius 2 is 1.88 bits per heavy atom. The van der Waals surface area contributed by atoms with Gasteiger partial charge in [0.15, 0.2) is 0 Å². The highest BCUT2D eigenvalue weighted by Crippen LogP contribution is 2.45. The molecule has 2 aliphatic rings. The maximum atomic E-state index is 13.1. The summed E-state index contributed by atoms with van der Waals surface area (Å²) in [5.74, 6) is 1.23. The van der Waals surface area contributed by atoms with E-state index in [2.05, 4.69) is 6.92 Å². The number of halogens is 1. The Bertz CT molecular complexity index is 659. The number of carbonyl (C=O) groups excluding carboxylic acids is 2. The van der Waals surface area contributed by atoms with E-state index in [4.69, 9.17) is 11.6 Å². The molecule has 0 radical (unpaired) electrons. The minimum atomic E-state index is -0.184. The second-order valence-electron chi connectivity index (χ2n) is 7.07. The number of piperidine rings is 1. The van der Waals surface area contributed by atoms with Crippen molar-refractivity contribution in [1.29, 1.82) is 0 Å². The number of thioether (sulfide) groups is 1. The summed E-state index contributed by atoms with van der Waals surface area (Å²) in [6.45, 7) is 4.38. The van der Waals surface area contributed by atoms with Crippen LogP contribution < -0.4 is 0 Å². The standard InChI is InChI=1S/C20H27ClN2O2S/c1-2-3-4-9-18(24)22-12-10-20(11-13-22)23(14-15-26-20)19(25)16-7-5-6-8-17(16)21/h5-8H,2-4,9-15H2,1H3. The smallest absolute Gasteiger partial charge is 0.256 e. The minimum Gasteiger partial charge on any atom is -0.342 e. The Labute approximate surface area is 165 Å². The molecule has 3 rings (SSSR count). The van der Waals surface area contributed by atoms with Crippen molar-refractivity contribution in [3.63, 3.8) is 0 Å². The molecule has 2 aliphatic heterocycles. The molecule has 142 valence electrons. The predicted octanol–water partition coefficient (Wildman–Crippen LogP) is 4.43.